The van der Waals surface area contributed by atoms with E-state index in [0.29, 0.717) is 6.54 Å². The molecule has 0 spiro atoms. The summed E-state index contributed by atoms with van der Waals surface area (Å²) in [6.45, 7) is 1.46. The normalized spacial score (nSPS) is 8.08. The molecule has 78 valence electrons. The van der Waals surface area contributed by atoms with E-state index < -0.39 is 6.16 Å². The van der Waals surface area contributed by atoms with E-state index in [0.717, 1.165) is 19.4 Å². The van der Waals surface area contributed by atoms with Crippen molar-refractivity contribution in [3.05, 3.63) is 0 Å². The minimum atomic E-state index is -1.83. The summed E-state index contributed by atoms with van der Waals surface area (Å²) < 4.78 is 0. The van der Waals surface area contributed by atoms with Gasteiger partial charge in [-0.25, -0.2) is 4.79 Å². The van der Waals surface area contributed by atoms with Gasteiger partial charge in [0.25, 0.3) is 0 Å². The second-order valence-corrected chi connectivity index (χ2v) is 2.12. The molecule has 0 saturated carbocycles. The zero-order chi connectivity index (χ0) is 10.7. The standard InChI is InChI=1S/C5H14N4.CH2O3/c6-3-1-2-4-9-5(7)8;2-1(3)4/h1-4,6H2,(H4,7,8,9);(H2,2,3,4). The van der Waals surface area contributed by atoms with Gasteiger partial charge in [0.15, 0.2) is 5.96 Å². The maximum absolute atomic E-state index is 8.56. The Labute approximate surface area is 76.2 Å². The second-order valence-electron chi connectivity index (χ2n) is 2.12. The van der Waals surface area contributed by atoms with Crippen molar-refractivity contribution in [3.63, 3.8) is 0 Å². The molecular formula is C6H16N4O3. The summed E-state index contributed by atoms with van der Waals surface area (Å²) in [4.78, 5) is 8.56. The van der Waals surface area contributed by atoms with Crippen molar-refractivity contribution in [3.8, 4) is 0 Å². The highest BCUT2D eigenvalue weighted by molar-refractivity contribution is 5.74. The van der Waals surface area contributed by atoms with Crippen LogP contribution < -0.4 is 16.8 Å². The molecule has 0 rings (SSSR count). The zero-order valence-corrected chi connectivity index (χ0v) is 7.29. The van der Waals surface area contributed by atoms with Gasteiger partial charge in [-0.2, -0.15) is 0 Å². The van der Waals surface area contributed by atoms with Crippen molar-refractivity contribution in [1.29, 1.82) is 5.41 Å². The summed E-state index contributed by atoms with van der Waals surface area (Å²) in [5.74, 6) is 0.0343. The zero-order valence-electron chi connectivity index (χ0n) is 7.29. The monoisotopic (exact) mass is 192 g/mol. The minimum Gasteiger partial charge on any atom is -0.450 e. The number of unbranched alkanes of at least 4 members (excludes halogenated alkanes) is 1. The first-order valence-corrected chi connectivity index (χ1v) is 3.70. The van der Waals surface area contributed by atoms with E-state index in [9.17, 15) is 0 Å². The number of guanidine groups is 1. The van der Waals surface area contributed by atoms with E-state index >= 15 is 0 Å². The molecule has 0 unspecified atom stereocenters. The lowest BCUT2D eigenvalue weighted by Gasteiger charge is -2.00. The van der Waals surface area contributed by atoms with Gasteiger partial charge in [0.05, 0.1) is 0 Å². The van der Waals surface area contributed by atoms with Crippen LogP contribution in [0.1, 0.15) is 12.8 Å². The third kappa shape index (κ3) is 37.5. The van der Waals surface area contributed by atoms with Crippen LogP contribution in [0.4, 0.5) is 4.79 Å². The lowest BCUT2D eigenvalue weighted by Crippen LogP contribution is -2.31. The first-order chi connectivity index (χ1) is 6.00. The molecule has 0 aliphatic carbocycles. The largest absolute Gasteiger partial charge is 0.503 e. The maximum atomic E-state index is 8.56. The van der Waals surface area contributed by atoms with Crippen molar-refractivity contribution >= 4 is 12.1 Å². The molecule has 0 radical (unpaired) electrons. The van der Waals surface area contributed by atoms with E-state index in [1.807, 2.05) is 0 Å². The van der Waals surface area contributed by atoms with Gasteiger partial charge in [-0.15, -0.1) is 0 Å². The first kappa shape index (κ1) is 14.0. The smallest absolute Gasteiger partial charge is 0.450 e. The Balaban J connectivity index is 0. The van der Waals surface area contributed by atoms with Gasteiger partial charge >= 0.3 is 6.16 Å². The SMILES string of the molecule is N=C(N)NCCCCN.O=C(O)O. The highest BCUT2D eigenvalue weighted by Crippen LogP contribution is 1.80. The molecule has 8 N–H and O–H groups in total. The summed E-state index contributed by atoms with van der Waals surface area (Å²) >= 11 is 0. The van der Waals surface area contributed by atoms with Crippen LogP contribution in [0, 0.1) is 5.41 Å². The Bertz CT molecular complexity index is 147. The predicted octanol–water partition coefficient (Wildman–Crippen LogP) is -0.569. The summed E-state index contributed by atoms with van der Waals surface area (Å²) in [7, 11) is 0. The van der Waals surface area contributed by atoms with Crippen LogP contribution in [0.5, 0.6) is 0 Å². The van der Waals surface area contributed by atoms with Gasteiger partial charge in [0.1, 0.15) is 0 Å². The van der Waals surface area contributed by atoms with Crippen LogP contribution in [-0.4, -0.2) is 35.4 Å². The molecule has 0 fully saturated rings. The maximum Gasteiger partial charge on any atom is 0.503 e. The molecule has 0 aliphatic rings. The summed E-state index contributed by atoms with van der Waals surface area (Å²) in [5, 5.41) is 23.4. The molecule has 0 saturated heterocycles. The lowest BCUT2D eigenvalue weighted by atomic mass is 10.3. The molecule has 0 aromatic carbocycles. The highest BCUT2D eigenvalue weighted by atomic mass is 16.6. The average molecular weight is 192 g/mol. The van der Waals surface area contributed by atoms with Crippen molar-refractivity contribution in [2.75, 3.05) is 13.1 Å². The fourth-order valence-corrected chi connectivity index (χ4v) is 0.492. The van der Waals surface area contributed by atoms with Crippen LogP contribution in [0.15, 0.2) is 0 Å². The van der Waals surface area contributed by atoms with Crippen LogP contribution in [0.3, 0.4) is 0 Å². The molecule has 0 atom stereocenters. The van der Waals surface area contributed by atoms with E-state index in [1.54, 1.807) is 0 Å². The van der Waals surface area contributed by atoms with Crippen molar-refractivity contribution in [2.24, 2.45) is 11.5 Å². The predicted molar refractivity (Wildman–Crippen MR) is 48.9 cm³/mol. The second kappa shape index (κ2) is 10.5. The van der Waals surface area contributed by atoms with E-state index in [1.165, 1.54) is 0 Å². The molecule has 13 heavy (non-hydrogen) atoms. The Hall–Kier alpha value is -1.50. The van der Waals surface area contributed by atoms with Crippen LogP contribution in [-0.2, 0) is 0 Å². The Morgan fingerprint density at radius 2 is 1.85 bits per heavy atom. The Kier molecular flexibility index (Phi) is 11.3. The minimum absolute atomic E-state index is 0.0343. The Morgan fingerprint density at radius 1 is 1.38 bits per heavy atom. The molecule has 0 aromatic heterocycles. The van der Waals surface area contributed by atoms with E-state index in [2.05, 4.69) is 5.32 Å². The van der Waals surface area contributed by atoms with Gasteiger partial charge in [-0.1, -0.05) is 0 Å². The van der Waals surface area contributed by atoms with E-state index in [4.69, 9.17) is 31.9 Å². The number of nitrogens with one attached hydrogen (secondary N) is 2. The summed E-state index contributed by atoms with van der Waals surface area (Å²) in [6.07, 6.45) is 0.135. The number of nitrogens with two attached hydrogens (primary N) is 2. The number of hydrogen-bond acceptors (Lipinski definition) is 3. The molecule has 0 bridgehead atoms. The van der Waals surface area contributed by atoms with Crippen molar-refractivity contribution in [1.82, 2.24) is 5.32 Å². The molecule has 0 amide bonds. The van der Waals surface area contributed by atoms with E-state index in [-0.39, 0.29) is 5.96 Å². The van der Waals surface area contributed by atoms with Crippen LogP contribution >= 0.6 is 0 Å². The van der Waals surface area contributed by atoms with Crippen molar-refractivity contribution < 1.29 is 15.0 Å². The van der Waals surface area contributed by atoms with Crippen LogP contribution in [0.25, 0.3) is 0 Å². The molecular weight excluding hydrogens is 176 g/mol. The molecule has 7 nitrogen and oxygen atoms in total. The van der Waals surface area contributed by atoms with Gasteiger partial charge in [-0.05, 0) is 19.4 Å². The number of carboxylic acid groups (broad SMARTS) is 2. The summed E-state index contributed by atoms with van der Waals surface area (Å²) in [5.41, 5.74) is 10.2. The average Bonchev–Trinajstić information content (AvgIpc) is 1.97. The van der Waals surface area contributed by atoms with Crippen molar-refractivity contribution in [2.45, 2.75) is 12.8 Å². The fourth-order valence-electron chi connectivity index (χ4n) is 0.492. The van der Waals surface area contributed by atoms with Gasteiger partial charge < -0.3 is 27.0 Å². The number of rotatable bonds is 4. The third-order valence-corrected chi connectivity index (χ3v) is 0.946. The van der Waals surface area contributed by atoms with Crippen LogP contribution in [0.2, 0.25) is 0 Å². The lowest BCUT2D eigenvalue weighted by molar-refractivity contribution is 0.137. The highest BCUT2D eigenvalue weighted by Gasteiger charge is 1.85. The quantitative estimate of drug-likeness (QED) is 0.200. The Morgan fingerprint density at radius 3 is 2.15 bits per heavy atom. The van der Waals surface area contributed by atoms with Gasteiger partial charge in [0.2, 0.25) is 0 Å². The number of hydrogen-bond donors (Lipinski definition) is 6. The number of carbonyl (C=O) groups is 1. The van der Waals surface area contributed by atoms with Gasteiger partial charge in [0, 0.05) is 6.54 Å². The third-order valence-electron chi connectivity index (χ3n) is 0.946. The molecule has 7 heteroatoms. The molecule has 0 aromatic rings. The molecule has 0 aliphatic heterocycles. The summed E-state index contributed by atoms with van der Waals surface area (Å²) in [6, 6.07) is 0. The first-order valence-electron chi connectivity index (χ1n) is 3.70. The molecule has 0 heterocycles. The fraction of sp³-hybridized carbons (Fsp3) is 0.667. The van der Waals surface area contributed by atoms with Gasteiger partial charge in [-0.3, -0.25) is 5.41 Å². The topological polar surface area (TPSA) is 145 Å².